The number of hydrogen-bond donors (Lipinski definition) is 0. The van der Waals surface area contributed by atoms with E-state index in [2.05, 4.69) is 9.47 Å². The molecule has 0 amide bonds. The molecule has 1 aromatic carbocycles. The van der Waals surface area contributed by atoms with E-state index in [0.717, 1.165) is 6.07 Å². The molecule has 0 N–H and O–H groups in total. The van der Waals surface area contributed by atoms with Gasteiger partial charge in [0.25, 0.3) is 5.69 Å². The lowest BCUT2D eigenvalue weighted by Crippen LogP contribution is -2.13. The summed E-state index contributed by atoms with van der Waals surface area (Å²) in [5.41, 5.74) is -1.44. The van der Waals surface area contributed by atoms with E-state index >= 15 is 0 Å². The van der Waals surface area contributed by atoms with Gasteiger partial charge in [0.05, 0.1) is 26.8 Å². The zero-order valence-corrected chi connectivity index (χ0v) is 11.1. The van der Waals surface area contributed by atoms with Crippen LogP contribution in [0.4, 0.5) is 16.2 Å². The van der Waals surface area contributed by atoms with Gasteiger partial charge in [-0.2, -0.15) is 0 Å². The third kappa shape index (κ3) is 3.93. The maximum absolute atomic E-state index is 11.2. The molecule has 0 spiro atoms. The van der Waals surface area contributed by atoms with E-state index in [1.807, 2.05) is 0 Å². The fourth-order valence-corrected chi connectivity index (χ4v) is 1.47. The molecule has 0 aliphatic heterocycles. The first kappa shape index (κ1) is 15.9. The van der Waals surface area contributed by atoms with Crippen LogP contribution in [0.5, 0.6) is 5.75 Å². The number of benzene rings is 1. The van der Waals surface area contributed by atoms with E-state index in [-0.39, 0.29) is 12.5 Å². The third-order valence-electron chi connectivity index (χ3n) is 1.90. The molecule has 20 heavy (non-hydrogen) atoms. The fraction of sp³-hybridized carbons (Fsp3) is 0.222. The molecule has 0 heterocycles. The van der Waals surface area contributed by atoms with Crippen LogP contribution >= 0.6 is 23.2 Å². The molecule has 11 heteroatoms. The van der Waals surface area contributed by atoms with Crippen LogP contribution in [-0.2, 0) is 4.74 Å². The molecule has 0 bridgehead atoms. The summed E-state index contributed by atoms with van der Waals surface area (Å²) in [4.78, 5) is 30.8. The lowest BCUT2D eigenvalue weighted by atomic mass is 10.2. The quantitative estimate of drug-likeness (QED) is 0.268. The Hall–Kier alpha value is -2.13. The van der Waals surface area contributed by atoms with Crippen molar-refractivity contribution in [2.45, 2.75) is 0 Å². The van der Waals surface area contributed by atoms with E-state index in [0.29, 0.717) is 6.07 Å². The van der Waals surface area contributed by atoms with E-state index in [9.17, 15) is 25.0 Å². The maximum Gasteiger partial charge on any atom is 0.514 e. The van der Waals surface area contributed by atoms with Crippen molar-refractivity contribution in [3.63, 3.8) is 0 Å². The van der Waals surface area contributed by atoms with Gasteiger partial charge in [0, 0.05) is 6.07 Å². The molecule has 108 valence electrons. The molecular formula is C9H6Cl2N2O7. The Kier molecular flexibility index (Phi) is 5.47. The Bertz CT molecular complexity index is 563. The second kappa shape index (κ2) is 6.87. The van der Waals surface area contributed by atoms with Crippen LogP contribution in [0.15, 0.2) is 12.1 Å². The van der Waals surface area contributed by atoms with Gasteiger partial charge in [0.15, 0.2) is 0 Å². The van der Waals surface area contributed by atoms with Crippen LogP contribution in [0.25, 0.3) is 0 Å². The van der Waals surface area contributed by atoms with Crippen LogP contribution in [0, 0.1) is 20.2 Å². The number of carbonyl (C=O) groups excluding carboxylic acids is 1. The summed E-state index contributed by atoms with van der Waals surface area (Å²) >= 11 is 10.9. The Morgan fingerprint density at radius 1 is 1.25 bits per heavy atom. The maximum atomic E-state index is 11.2. The largest absolute Gasteiger partial charge is 0.514 e. The van der Waals surface area contributed by atoms with E-state index in [1.165, 1.54) is 0 Å². The number of ether oxygens (including phenoxy) is 2. The Labute approximate surface area is 121 Å². The average molecular weight is 325 g/mol. The van der Waals surface area contributed by atoms with Crippen molar-refractivity contribution in [1.29, 1.82) is 0 Å². The van der Waals surface area contributed by atoms with Gasteiger partial charge >= 0.3 is 11.8 Å². The molecule has 0 aromatic heterocycles. The van der Waals surface area contributed by atoms with Crippen molar-refractivity contribution >= 4 is 40.7 Å². The highest BCUT2D eigenvalue weighted by molar-refractivity contribution is 6.32. The second-order valence-corrected chi connectivity index (χ2v) is 3.96. The number of non-ortho nitro benzene ring substituents is 1. The monoisotopic (exact) mass is 324 g/mol. The molecular weight excluding hydrogens is 319 g/mol. The molecule has 0 atom stereocenters. The van der Waals surface area contributed by atoms with E-state index < -0.39 is 38.1 Å². The highest BCUT2D eigenvalue weighted by atomic mass is 35.5. The van der Waals surface area contributed by atoms with E-state index in [4.69, 9.17) is 23.2 Å². The first-order valence-corrected chi connectivity index (χ1v) is 5.81. The van der Waals surface area contributed by atoms with Crippen molar-refractivity contribution in [1.82, 2.24) is 0 Å². The molecule has 0 radical (unpaired) electrons. The molecule has 0 fully saturated rings. The predicted molar refractivity (Wildman–Crippen MR) is 67.5 cm³/mol. The number of carbonyl (C=O) groups is 1. The van der Waals surface area contributed by atoms with Gasteiger partial charge in [-0.3, -0.25) is 20.2 Å². The summed E-state index contributed by atoms with van der Waals surface area (Å²) in [7, 11) is 0. The lowest BCUT2D eigenvalue weighted by molar-refractivity contribution is -0.394. The molecule has 0 unspecified atom stereocenters. The summed E-state index contributed by atoms with van der Waals surface area (Å²) in [6.07, 6.45) is -1.26. The number of nitro benzene ring substituents is 2. The van der Waals surface area contributed by atoms with Gasteiger partial charge in [0.1, 0.15) is 6.61 Å². The first-order valence-electron chi connectivity index (χ1n) is 4.89. The highest BCUT2D eigenvalue weighted by Crippen LogP contribution is 2.38. The summed E-state index contributed by atoms with van der Waals surface area (Å²) < 4.78 is 9.01. The SMILES string of the molecule is O=C(OCCCl)Oc1c(Cl)cc([N+](=O)[O-])cc1[N+](=O)[O-]. The van der Waals surface area contributed by atoms with Crippen LogP contribution in [0.2, 0.25) is 5.02 Å². The number of rotatable bonds is 5. The normalized spacial score (nSPS) is 9.90. The Morgan fingerprint density at radius 3 is 2.40 bits per heavy atom. The summed E-state index contributed by atoms with van der Waals surface area (Å²) in [6, 6.07) is 1.44. The number of nitro groups is 2. The summed E-state index contributed by atoms with van der Waals surface area (Å²) in [6.45, 7) is -0.168. The molecule has 1 aromatic rings. The van der Waals surface area contributed by atoms with Crippen LogP contribution in [-0.4, -0.2) is 28.5 Å². The molecule has 0 aliphatic carbocycles. The van der Waals surface area contributed by atoms with Gasteiger partial charge in [0.2, 0.25) is 5.75 Å². The first-order chi connectivity index (χ1) is 9.36. The second-order valence-electron chi connectivity index (χ2n) is 3.18. The zero-order valence-electron chi connectivity index (χ0n) is 9.58. The van der Waals surface area contributed by atoms with Crippen molar-refractivity contribution in [3.8, 4) is 5.75 Å². The highest BCUT2D eigenvalue weighted by Gasteiger charge is 2.27. The Morgan fingerprint density at radius 2 is 1.90 bits per heavy atom. The van der Waals surface area contributed by atoms with Crippen LogP contribution < -0.4 is 4.74 Å². The molecule has 9 nitrogen and oxygen atoms in total. The van der Waals surface area contributed by atoms with E-state index in [1.54, 1.807) is 0 Å². The fourth-order valence-electron chi connectivity index (χ4n) is 1.14. The number of halogens is 2. The van der Waals surface area contributed by atoms with Crippen LogP contribution in [0.3, 0.4) is 0 Å². The van der Waals surface area contributed by atoms with Gasteiger partial charge in [-0.15, -0.1) is 11.6 Å². The standard InChI is InChI=1S/C9H6Cl2N2O7/c10-1-2-19-9(14)20-8-6(11)3-5(12(15)16)4-7(8)13(17)18/h3-4H,1-2H2. The van der Waals surface area contributed by atoms with Crippen molar-refractivity contribution in [2.24, 2.45) is 0 Å². The minimum atomic E-state index is -1.26. The smallest absolute Gasteiger partial charge is 0.433 e. The topological polar surface area (TPSA) is 122 Å². The van der Waals surface area contributed by atoms with Gasteiger partial charge in [-0.25, -0.2) is 4.79 Å². The number of hydrogen-bond acceptors (Lipinski definition) is 7. The van der Waals surface area contributed by atoms with Gasteiger partial charge in [-0.1, -0.05) is 11.6 Å². The number of alkyl halides is 1. The Balaban J connectivity index is 3.14. The lowest BCUT2D eigenvalue weighted by Gasteiger charge is -2.06. The van der Waals surface area contributed by atoms with Crippen molar-refractivity contribution in [2.75, 3.05) is 12.5 Å². The third-order valence-corrected chi connectivity index (χ3v) is 2.33. The van der Waals surface area contributed by atoms with Crippen molar-refractivity contribution < 1.29 is 24.1 Å². The zero-order chi connectivity index (χ0) is 15.3. The molecule has 0 saturated carbocycles. The molecule has 0 aliphatic rings. The van der Waals surface area contributed by atoms with Crippen molar-refractivity contribution in [3.05, 3.63) is 37.4 Å². The van der Waals surface area contributed by atoms with Crippen LogP contribution in [0.1, 0.15) is 0 Å². The minimum Gasteiger partial charge on any atom is -0.433 e. The number of nitrogens with zero attached hydrogens (tertiary/aromatic N) is 2. The van der Waals surface area contributed by atoms with Gasteiger partial charge in [-0.05, 0) is 0 Å². The summed E-state index contributed by atoms with van der Waals surface area (Å²) in [5.74, 6) is -0.632. The molecule has 1 rings (SSSR count). The molecule has 0 saturated heterocycles. The predicted octanol–water partition coefficient (Wildman–Crippen LogP) is 2.91. The summed E-state index contributed by atoms with van der Waals surface area (Å²) in [5, 5.41) is 20.9. The van der Waals surface area contributed by atoms with Gasteiger partial charge < -0.3 is 9.47 Å². The minimum absolute atomic E-state index is 0.00515. The average Bonchev–Trinajstić information content (AvgIpc) is 2.37.